The van der Waals surface area contributed by atoms with Gasteiger partial charge in [-0.1, -0.05) is 40.2 Å². The fourth-order valence-electron chi connectivity index (χ4n) is 3.41. The first-order valence-electron chi connectivity index (χ1n) is 8.31. The number of methoxy groups -OCH3 is 1. The van der Waals surface area contributed by atoms with E-state index in [0.29, 0.717) is 18.9 Å². The number of hydrogen-bond acceptors (Lipinski definition) is 2. The molecule has 1 N–H and O–H groups in total. The van der Waals surface area contributed by atoms with Gasteiger partial charge in [0, 0.05) is 17.4 Å². The van der Waals surface area contributed by atoms with Gasteiger partial charge in [-0.15, -0.1) is 0 Å². The van der Waals surface area contributed by atoms with Gasteiger partial charge in [0.1, 0.15) is 5.75 Å². The normalized spacial score (nSPS) is 13.6. The van der Waals surface area contributed by atoms with Crippen molar-refractivity contribution in [2.24, 2.45) is 5.92 Å². The number of benzene rings is 2. The SMILES string of the molecule is COc1ccc(Br)cc1CCNC(=O)CC1Cc2ccccc2C1. The van der Waals surface area contributed by atoms with Crippen molar-refractivity contribution in [1.82, 2.24) is 5.32 Å². The van der Waals surface area contributed by atoms with Crippen LogP contribution >= 0.6 is 15.9 Å². The first-order chi connectivity index (χ1) is 11.7. The fourth-order valence-corrected chi connectivity index (χ4v) is 3.82. The number of fused-ring (bicyclic) bond motifs is 1. The largest absolute Gasteiger partial charge is 0.496 e. The van der Waals surface area contributed by atoms with Gasteiger partial charge in [-0.25, -0.2) is 0 Å². The van der Waals surface area contributed by atoms with Crippen LogP contribution < -0.4 is 10.1 Å². The maximum Gasteiger partial charge on any atom is 0.220 e. The zero-order valence-electron chi connectivity index (χ0n) is 13.8. The van der Waals surface area contributed by atoms with Crippen molar-refractivity contribution in [3.8, 4) is 5.75 Å². The van der Waals surface area contributed by atoms with E-state index in [4.69, 9.17) is 4.74 Å². The third-order valence-corrected chi connectivity index (χ3v) is 5.06. The number of carbonyl (C=O) groups is 1. The monoisotopic (exact) mass is 387 g/mol. The molecule has 0 radical (unpaired) electrons. The van der Waals surface area contributed by atoms with E-state index in [2.05, 4.69) is 45.5 Å². The highest BCUT2D eigenvalue weighted by molar-refractivity contribution is 9.10. The standard InChI is InChI=1S/C20H22BrNO2/c1-24-19-7-6-18(21)13-17(19)8-9-22-20(23)12-14-10-15-4-2-3-5-16(15)11-14/h2-7,13-14H,8-12H2,1H3,(H,22,23). The molecule has 1 amide bonds. The number of halogens is 1. The van der Waals surface area contributed by atoms with E-state index in [1.807, 2.05) is 18.2 Å². The van der Waals surface area contributed by atoms with Crippen LogP contribution in [0.15, 0.2) is 46.9 Å². The van der Waals surface area contributed by atoms with Crippen LogP contribution in [0.1, 0.15) is 23.1 Å². The summed E-state index contributed by atoms with van der Waals surface area (Å²) in [5, 5.41) is 3.05. The second-order valence-electron chi connectivity index (χ2n) is 6.30. The van der Waals surface area contributed by atoms with Crippen molar-refractivity contribution in [2.75, 3.05) is 13.7 Å². The molecule has 3 nitrogen and oxygen atoms in total. The van der Waals surface area contributed by atoms with Gasteiger partial charge in [-0.2, -0.15) is 0 Å². The Morgan fingerprint density at radius 2 is 1.92 bits per heavy atom. The molecule has 24 heavy (non-hydrogen) atoms. The molecule has 1 aliphatic carbocycles. The molecule has 0 fully saturated rings. The van der Waals surface area contributed by atoms with Gasteiger partial charge in [0.15, 0.2) is 0 Å². The highest BCUT2D eigenvalue weighted by atomic mass is 79.9. The summed E-state index contributed by atoms with van der Waals surface area (Å²) in [6.45, 7) is 0.630. The van der Waals surface area contributed by atoms with Gasteiger partial charge >= 0.3 is 0 Å². The summed E-state index contributed by atoms with van der Waals surface area (Å²) in [4.78, 5) is 12.2. The van der Waals surface area contributed by atoms with Gasteiger partial charge in [-0.05, 0) is 60.1 Å². The molecule has 126 valence electrons. The van der Waals surface area contributed by atoms with Crippen molar-refractivity contribution in [1.29, 1.82) is 0 Å². The predicted molar refractivity (Wildman–Crippen MR) is 99.4 cm³/mol. The molecule has 0 atom stereocenters. The summed E-state index contributed by atoms with van der Waals surface area (Å²) in [6, 6.07) is 14.4. The predicted octanol–water partition coefficient (Wildman–Crippen LogP) is 3.92. The van der Waals surface area contributed by atoms with Crippen LogP contribution in [0, 0.1) is 5.92 Å². The van der Waals surface area contributed by atoms with Crippen LogP contribution in [0.5, 0.6) is 5.75 Å². The quantitative estimate of drug-likeness (QED) is 0.815. The molecule has 2 aromatic rings. The molecule has 0 spiro atoms. The fraction of sp³-hybridized carbons (Fsp3) is 0.350. The van der Waals surface area contributed by atoms with E-state index >= 15 is 0 Å². The summed E-state index contributed by atoms with van der Waals surface area (Å²) in [5.74, 6) is 1.43. The first kappa shape index (κ1) is 17.0. The molecular weight excluding hydrogens is 366 g/mol. The van der Waals surface area contributed by atoms with E-state index in [1.54, 1.807) is 7.11 Å². The average molecular weight is 388 g/mol. The molecule has 0 saturated carbocycles. The van der Waals surface area contributed by atoms with Gasteiger partial charge in [0.2, 0.25) is 5.91 Å². The van der Waals surface area contributed by atoms with Gasteiger partial charge in [0.05, 0.1) is 7.11 Å². The third kappa shape index (κ3) is 4.18. The van der Waals surface area contributed by atoms with Crippen LogP contribution in [0.25, 0.3) is 0 Å². The minimum absolute atomic E-state index is 0.141. The molecule has 0 aliphatic heterocycles. The van der Waals surface area contributed by atoms with Crippen LogP contribution in [-0.4, -0.2) is 19.6 Å². The zero-order valence-corrected chi connectivity index (χ0v) is 15.4. The van der Waals surface area contributed by atoms with E-state index in [-0.39, 0.29) is 5.91 Å². The Labute approximate surface area is 151 Å². The molecule has 0 unspecified atom stereocenters. The highest BCUT2D eigenvalue weighted by Gasteiger charge is 2.23. The summed E-state index contributed by atoms with van der Waals surface area (Å²) in [7, 11) is 1.67. The zero-order chi connectivity index (χ0) is 16.9. The third-order valence-electron chi connectivity index (χ3n) is 4.57. The van der Waals surface area contributed by atoms with Crippen molar-refractivity contribution in [3.63, 3.8) is 0 Å². The lowest BCUT2D eigenvalue weighted by Gasteiger charge is -2.12. The Balaban J connectivity index is 1.46. The lowest BCUT2D eigenvalue weighted by atomic mass is 10.0. The molecule has 0 heterocycles. The minimum Gasteiger partial charge on any atom is -0.496 e. The number of nitrogens with one attached hydrogen (secondary N) is 1. The maximum atomic E-state index is 12.2. The lowest BCUT2D eigenvalue weighted by Crippen LogP contribution is -2.27. The Kier molecular flexibility index (Phi) is 5.56. The molecule has 0 bridgehead atoms. The topological polar surface area (TPSA) is 38.3 Å². The number of hydrogen-bond donors (Lipinski definition) is 1. The Hall–Kier alpha value is -1.81. The second kappa shape index (κ2) is 7.84. The Bertz CT molecular complexity index is 704. The number of ether oxygens (including phenoxy) is 1. The molecule has 0 aromatic heterocycles. The van der Waals surface area contributed by atoms with E-state index < -0.39 is 0 Å². The minimum atomic E-state index is 0.141. The maximum absolute atomic E-state index is 12.2. The van der Waals surface area contributed by atoms with Gasteiger partial charge in [0.25, 0.3) is 0 Å². The highest BCUT2D eigenvalue weighted by Crippen LogP contribution is 2.28. The molecule has 2 aromatic carbocycles. The number of rotatable bonds is 6. The molecule has 1 aliphatic rings. The van der Waals surface area contributed by atoms with Crippen LogP contribution in [-0.2, 0) is 24.1 Å². The van der Waals surface area contributed by atoms with Crippen molar-refractivity contribution in [2.45, 2.75) is 25.7 Å². The second-order valence-corrected chi connectivity index (χ2v) is 7.22. The van der Waals surface area contributed by atoms with Crippen LogP contribution in [0.4, 0.5) is 0 Å². The molecule has 3 rings (SSSR count). The van der Waals surface area contributed by atoms with Crippen LogP contribution in [0.3, 0.4) is 0 Å². The Morgan fingerprint density at radius 3 is 2.58 bits per heavy atom. The van der Waals surface area contributed by atoms with Gasteiger partial charge in [-0.3, -0.25) is 4.79 Å². The summed E-state index contributed by atoms with van der Waals surface area (Å²) in [5.41, 5.74) is 3.89. The molecular formula is C20H22BrNO2. The number of carbonyl (C=O) groups excluding carboxylic acids is 1. The van der Waals surface area contributed by atoms with Crippen molar-refractivity contribution < 1.29 is 9.53 Å². The summed E-state index contributed by atoms with van der Waals surface area (Å²) >= 11 is 3.48. The smallest absolute Gasteiger partial charge is 0.220 e. The van der Waals surface area contributed by atoms with Crippen LogP contribution in [0.2, 0.25) is 0 Å². The first-order valence-corrected chi connectivity index (χ1v) is 9.11. The lowest BCUT2D eigenvalue weighted by molar-refractivity contribution is -0.121. The Morgan fingerprint density at radius 1 is 1.21 bits per heavy atom. The van der Waals surface area contributed by atoms with E-state index in [9.17, 15) is 4.79 Å². The summed E-state index contributed by atoms with van der Waals surface area (Å²) in [6.07, 6.45) is 3.40. The van der Waals surface area contributed by atoms with E-state index in [1.165, 1.54) is 11.1 Å². The molecule has 0 saturated heterocycles. The van der Waals surface area contributed by atoms with Crippen molar-refractivity contribution >= 4 is 21.8 Å². The van der Waals surface area contributed by atoms with Gasteiger partial charge < -0.3 is 10.1 Å². The van der Waals surface area contributed by atoms with Crippen molar-refractivity contribution in [3.05, 3.63) is 63.6 Å². The summed E-state index contributed by atoms with van der Waals surface area (Å²) < 4.78 is 6.39. The van der Waals surface area contributed by atoms with E-state index in [0.717, 1.165) is 35.0 Å². The molecule has 4 heteroatoms. The average Bonchev–Trinajstić information content (AvgIpc) is 2.97. The number of amides is 1.